The van der Waals surface area contributed by atoms with Crippen molar-refractivity contribution in [1.82, 2.24) is 0 Å². The molecule has 0 heterocycles. The Morgan fingerprint density at radius 3 is 2.12 bits per heavy atom. The van der Waals surface area contributed by atoms with E-state index in [-0.39, 0.29) is 0 Å². The highest BCUT2D eigenvalue weighted by Gasteiger charge is 2.19. The third-order valence-electron chi connectivity index (χ3n) is 5.73. The molecule has 138 valence electrons. The zero-order valence-corrected chi connectivity index (χ0v) is 16.7. The van der Waals surface area contributed by atoms with Crippen molar-refractivity contribution in [2.45, 2.75) is 58.3 Å². The van der Waals surface area contributed by atoms with Crippen molar-refractivity contribution in [2.75, 3.05) is 0 Å². The molecule has 0 N–H and O–H groups in total. The van der Waals surface area contributed by atoms with Crippen LogP contribution in [-0.2, 0) is 6.42 Å². The molecule has 0 amide bonds. The van der Waals surface area contributed by atoms with Gasteiger partial charge in [0.25, 0.3) is 0 Å². The lowest BCUT2D eigenvalue weighted by Gasteiger charge is -2.26. The Balaban J connectivity index is 1.45. The number of aryl methyl sites for hydroxylation is 1. The largest absolute Gasteiger partial charge is 0.0883 e. The SMILES string of the molecule is CCCC=C[C@H]1CC[C@H](CCc2ccc(-c3ccc(Cl)cc3)cc2)CC1. The predicted molar refractivity (Wildman–Crippen MR) is 115 cm³/mol. The third-order valence-corrected chi connectivity index (χ3v) is 5.98. The maximum absolute atomic E-state index is 5.98. The van der Waals surface area contributed by atoms with Crippen LogP contribution in [0, 0.1) is 11.8 Å². The van der Waals surface area contributed by atoms with Crippen LogP contribution in [0.4, 0.5) is 0 Å². The Morgan fingerprint density at radius 1 is 0.885 bits per heavy atom. The van der Waals surface area contributed by atoms with Crippen LogP contribution in [0.5, 0.6) is 0 Å². The first-order valence-corrected chi connectivity index (χ1v) is 10.6. The number of halogens is 1. The molecule has 1 saturated carbocycles. The standard InChI is InChI=1S/C25H31Cl/c1-2-3-4-5-20-6-8-21(9-7-20)10-11-22-12-14-23(15-13-22)24-16-18-25(26)19-17-24/h4-5,12-21H,2-3,6-11H2,1H3/t20-,21-. The molecule has 2 aromatic rings. The van der Waals surface area contributed by atoms with E-state index in [1.807, 2.05) is 12.1 Å². The molecule has 1 heteroatoms. The number of unbranched alkanes of at least 4 members (excludes halogenated alkanes) is 1. The van der Waals surface area contributed by atoms with E-state index in [9.17, 15) is 0 Å². The molecule has 0 unspecified atom stereocenters. The van der Waals surface area contributed by atoms with Gasteiger partial charge in [0.2, 0.25) is 0 Å². The van der Waals surface area contributed by atoms with E-state index in [1.54, 1.807) is 0 Å². The quantitative estimate of drug-likeness (QED) is 0.434. The molecule has 0 radical (unpaired) electrons. The molecule has 26 heavy (non-hydrogen) atoms. The smallest absolute Gasteiger partial charge is 0.0406 e. The second-order valence-corrected chi connectivity index (χ2v) is 8.18. The fourth-order valence-corrected chi connectivity index (χ4v) is 4.13. The van der Waals surface area contributed by atoms with E-state index in [4.69, 9.17) is 11.6 Å². The van der Waals surface area contributed by atoms with Gasteiger partial charge in [-0.25, -0.2) is 0 Å². The predicted octanol–water partition coefficient (Wildman–Crippen LogP) is 8.10. The maximum Gasteiger partial charge on any atom is 0.0406 e. The molecule has 0 atom stereocenters. The van der Waals surface area contributed by atoms with E-state index in [0.717, 1.165) is 16.9 Å². The summed E-state index contributed by atoms with van der Waals surface area (Å²) in [7, 11) is 0. The first-order chi connectivity index (χ1) is 12.7. The number of allylic oxidation sites excluding steroid dienone is 2. The second kappa shape index (κ2) is 9.97. The molecule has 0 bridgehead atoms. The molecular formula is C25H31Cl. The average molecular weight is 367 g/mol. The maximum atomic E-state index is 5.98. The van der Waals surface area contributed by atoms with Crippen LogP contribution in [-0.4, -0.2) is 0 Å². The zero-order valence-electron chi connectivity index (χ0n) is 16.0. The van der Waals surface area contributed by atoms with Crippen LogP contribution in [0.2, 0.25) is 5.02 Å². The van der Waals surface area contributed by atoms with Crippen molar-refractivity contribution in [3.05, 3.63) is 71.3 Å². The second-order valence-electron chi connectivity index (χ2n) is 7.74. The van der Waals surface area contributed by atoms with Crippen LogP contribution < -0.4 is 0 Å². The molecule has 2 aromatic carbocycles. The number of hydrogen-bond donors (Lipinski definition) is 0. The van der Waals surface area contributed by atoms with E-state index in [2.05, 4.69) is 55.5 Å². The molecule has 0 aromatic heterocycles. The summed E-state index contributed by atoms with van der Waals surface area (Å²) < 4.78 is 0. The van der Waals surface area contributed by atoms with Crippen molar-refractivity contribution in [1.29, 1.82) is 0 Å². The first kappa shape index (κ1) is 19.2. The normalized spacial score (nSPS) is 20.5. The minimum Gasteiger partial charge on any atom is -0.0883 e. The van der Waals surface area contributed by atoms with E-state index >= 15 is 0 Å². The van der Waals surface area contributed by atoms with Gasteiger partial charge < -0.3 is 0 Å². The van der Waals surface area contributed by atoms with Gasteiger partial charge >= 0.3 is 0 Å². The van der Waals surface area contributed by atoms with Gasteiger partial charge in [0.1, 0.15) is 0 Å². The van der Waals surface area contributed by atoms with Gasteiger partial charge in [-0.3, -0.25) is 0 Å². The summed E-state index contributed by atoms with van der Waals surface area (Å²) in [6.07, 6.45) is 15.5. The van der Waals surface area contributed by atoms with Crippen molar-refractivity contribution >= 4 is 11.6 Å². The van der Waals surface area contributed by atoms with Crippen molar-refractivity contribution < 1.29 is 0 Å². The fraction of sp³-hybridized carbons (Fsp3) is 0.440. The molecule has 0 spiro atoms. The van der Waals surface area contributed by atoms with Crippen LogP contribution in [0.1, 0.15) is 57.4 Å². The van der Waals surface area contributed by atoms with Gasteiger partial charge in [-0.15, -0.1) is 0 Å². The highest BCUT2D eigenvalue weighted by molar-refractivity contribution is 6.30. The van der Waals surface area contributed by atoms with Gasteiger partial charge in [-0.05, 0) is 85.6 Å². The molecule has 0 nitrogen and oxygen atoms in total. The number of hydrogen-bond acceptors (Lipinski definition) is 0. The minimum absolute atomic E-state index is 0.793. The summed E-state index contributed by atoms with van der Waals surface area (Å²) in [5, 5.41) is 0.793. The zero-order chi connectivity index (χ0) is 18.2. The molecule has 1 fully saturated rings. The Kier molecular flexibility index (Phi) is 7.38. The summed E-state index contributed by atoms with van der Waals surface area (Å²) >= 11 is 5.98. The summed E-state index contributed by atoms with van der Waals surface area (Å²) in [6, 6.07) is 17.2. The molecule has 1 aliphatic rings. The summed E-state index contributed by atoms with van der Waals surface area (Å²) in [6.45, 7) is 2.25. The number of rotatable bonds is 7. The first-order valence-electron chi connectivity index (χ1n) is 10.3. The monoisotopic (exact) mass is 366 g/mol. The molecule has 0 aliphatic heterocycles. The Hall–Kier alpha value is -1.53. The van der Waals surface area contributed by atoms with Gasteiger partial charge in [-0.1, -0.05) is 73.5 Å². The highest BCUT2D eigenvalue weighted by Crippen LogP contribution is 2.32. The Morgan fingerprint density at radius 2 is 1.50 bits per heavy atom. The summed E-state index contributed by atoms with van der Waals surface area (Å²) in [5.74, 6) is 1.76. The van der Waals surface area contributed by atoms with Crippen LogP contribution in [0.3, 0.4) is 0 Å². The average Bonchev–Trinajstić information content (AvgIpc) is 2.69. The molecular weight excluding hydrogens is 336 g/mol. The lowest BCUT2D eigenvalue weighted by molar-refractivity contribution is 0.296. The lowest BCUT2D eigenvalue weighted by Crippen LogP contribution is -2.13. The van der Waals surface area contributed by atoms with Gasteiger partial charge in [0, 0.05) is 5.02 Å². The highest BCUT2D eigenvalue weighted by atomic mass is 35.5. The van der Waals surface area contributed by atoms with Crippen LogP contribution in [0.25, 0.3) is 11.1 Å². The minimum atomic E-state index is 0.793. The molecule has 3 rings (SSSR count). The summed E-state index contributed by atoms with van der Waals surface area (Å²) in [4.78, 5) is 0. The van der Waals surface area contributed by atoms with Crippen molar-refractivity contribution in [3.63, 3.8) is 0 Å². The van der Waals surface area contributed by atoms with E-state index in [0.29, 0.717) is 0 Å². The number of benzene rings is 2. The lowest BCUT2D eigenvalue weighted by atomic mass is 9.79. The topological polar surface area (TPSA) is 0 Å². The van der Waals surface area contributed by atoms with Crippen molar-refractivity contribution in [2.24, 2.45) is 11.8 Å². The summed E-state index contributed by atoms with van der Waals surface area (Å²) in [5.41, 5.74) is 3.97. The van der Waals surface area contributed by atoms with Crippen molar-refractivity contribution in [3.8, 4) is 11.1 Å². The Bertz CT molecular complexity index is 673. The third kappa shape index (κ3) is 5.74. The molecule has 1 aliphatic carbocycles. The van der Waals surface area contributed by atoms with Gasteiger partial charge in [-0.2, -0.15) is 0 Å². The van der Waals surface area contributed by atoms with Gasteiger partial charge in [0.15, 0.2) is 0 Å². The van der Waals surface area contributed by atoms with E-state index in [1.165, 1.54) is 68.1 Å². The van der Waals surface area contributed by atoms with Crippen LogP contribution in [0.15, 0.2) is 60.7 Å². The molecule has 0 saturated heterocycles. The van der Waals surface area contributed by atoms with Gasteiger partial charge in [0.05, 0.1) is 0 Å². The Labute approximate surface area is 164 Å². The fourth-order valence-electron chi connectivity index (χ4n) is 4.00. The van der Waals surface area contributed by atoms with E-state index < -0.39 is 0 Å². The van der Waals surface area contributed by atoms with Crippen LogP contribution >= 0.6 is 11.6 Å².